The van der Waals surface area contributed by atoms with Crippen LogP contribution in [-0.4, -0.2) is 44.7 Å². The third-order valence-corrected chi connectivity index (χ3v) is 6.34. The maximum absolute atomic E-state index is 12.8. The average Bonchev–Trinajstić information content (AvgIpc) is 3.03. The van der Waals surface area contributed by atoms with Crippen LogP contribution in [-0.2, 0) is 21.4 Å². The van der Waals surface area contributed by atoms with Gasteiger partial charge in [-0.05, 0) is 36.6 Å². The van der Waals surface area contributed by atoms with Gasteiger partial charge in [0.15, 0.2) is 0 Å². The van der Waals surface area contributed by atoms with Gasteiger partial charge in [-0.1, -0.05) is 42.8 Å². The van der Waals surface area contributed by atoms with E-state index in [4.69, 9.17) is 5.26 Å². The quantitative estimate of drug-likeness (QED) is 0.597. The van der Waals surface area contributed by atoms with E-state index < -0.39 is 10.0 Å². The Hall–Kier alpha value is -3.22. The third kappa shape index (κ3) is 7.18. The number of sulfonamides is 1. The van der Waals surface area contributed by atoms with Gasteiger partial charge in [0.2, 0.25) is 5.91 Å². The second kappa shape index (κ2) is 11.4. The van der Waals surface area contributed by atoms with Crippen molar-refractivity contribution in [3.63, 3.8) is 0 Å². The minimum absolute atomic E-state index is 0.00842. The van der Waals surface area contributed by atoms with Gasteiger partial charge in [-0.3, -0.25) is 19.4 Å². The Balaban J connectivity index is 1.64. The molecule has 2 aromatic carbocycles. The largest absolute Gasteiger partial charge is 0.325 e. The number of carbonyl (C=O) groups is 1. The normalized spacial score (nSPS) is 14.2. The fourth-order valence-corrected chi connectivity index (χ4v) is 4.56. The summed E-state index contributed by atoms with van der Waals surface area (Å²) in [4.78, 5) is 18.6. The highest BCUT2D eigenvalue weighted by molar-refractivity contribution is 7.90. The zero-order valence-corrected chi connectivity index (χ0v) is 18.6. The summed E-state index contributed by atoms with van der Waals surface area (Å²) in [6.07, 6.45) is 3.49. The van der Waals surface area contributed by atoms with Crippen LogP contribution in [0.1, 0.15) is 31.2 Å². The number of anilines is 1. The number of hydrogen-bond acceptors (Lipinski definition) is 6. The van der Waals surface area contributed by atoms with E-state index in [-0.39, 0.29) is 23.9 Å². The molecule has 0 spiro atoms. The SMILES string of the molecule is N#CCN(CC(=O)Nc1cccc(S(=O)(=O)NC2=NCCCCC2)c1)Cc1ccccc1. The summed E-state index contributed by atoms with van der Waals surface area (Å²) < 4.78 is 28.1. The molecule has 0 aliphatic carbocycles. The molecular weight excluding hydrogens is 426 g/mol. The van der Waals surface area contributed by atoms with Gasteiger partial charge in [-0.2, -0.15) is 5.26 Å². The molecular formula is C23H27N5O3S. The first-order valence-electron chi connectivity index (χ1n) is 10.6. The Morgan fingerprint density at radius 2 is 1.91 bits per heavy atom. The Bertz CT molecular complexity index is 1090. The van der Waals surface area contributed by atoms with Crippen molar-refractivity contribution in [1.82, 2.24) is 9.62 Å². The standard InChI is InChI=1S/C23H27N5O3S/c24-13-15-28(17-19-8-3-1-4-9-19)18-23(29)26-20-10-7-11-21(16-20)32(30,31)27-22-12-5-2-6-14-25-22/h1,3-4,7-11,16H,2,5-6,12,14-15,17-18H2,(H,25,27)(H,26,29). The van der Waals surface area contributed by atoms with Gasteiger partial charge in [0.05, 0.1) is 24.1 Å². The van der Waals surface area contributed by atoms with Gasteiger partial charge in [0, 0.05) is 25.2 Å². The predicted octanol–water partition coefficient (Wildman–Crippen LogP) is 2.90. The lowest BCUT2D eigenvalue weighted by Crippen LogP contribution is -2.33. The first kappa shape index (κ1) is 23.4. The van der Waals surface area contributed by atoms with E-state index in [9.17, 15) is 13.2 Å². The third-order valence-electron chi connectivity index (χ3n) is 4.97. The van der Waals surface area contributed by atoms with Gasteiger partial charge in [0.25, 0.3) is 10.0 Å². The summed E-state index contributed by atoms with van der Waals surface area (Å²) in [5.41, 5.74) is 1.37. The zero-order chi connectivity index (χ0) is 22.8. The molecule has 8 nitrogen and oxygen atoms in total. The van der Waals surface area contributed by atoms with Crippen LogP contribution in [0.5, 0.6) is 0 Å². The number of rotatable bonds is 8. The molecule has 1 aliphatic heterocycles. The van der Waals surface area contributed by atoms with Crippen molar-refractivity contribution < 1.29 is 13.2 Å². The molecule has 1 aliphatic rings. The van der Waals surface area contributed by atoms with E-state index in [0.29, 0.717) is 31.0 Å². The number of nitriles is 1. The van der Waals surface area contributed by atoms with Crippen LogP contribution in [0.3, 0.4) is 0 Å². The molecule has 0 saturated heterocycles. The Morgan fingerprint density at radius 1 is 1.09 bits per heavy atom. The molecule has 2 aromatic rings. The zero-order valence-electron chi connectivity index (χ0n) is 17.8. The lowest BCUT2D eigenvalue weighted by molar-refractivity contribution is -0.117. The van der Waals surface area contributed by atoms with Crippen LogP contribution in [0.15, 0.2) is 64.5 Å². The first-order chi connectivity index (χ1) is 15.5. The Labute approximate surface area is 189 Å². The second-order valence-electron chi connectivity index (χ2n) is 7.61. The molecule has 0 saturated carbocycles. The second-order valence-corrected chi connectivity index (χ2v) is 9.29. The average molecular weight is 454 g/mol. The predicted molar refractivity (Wildman–Crippen MR) is 123 cm³/mol. The molecule has 0 fully saturated rings. The van der Waals surface area contributed by atoms with Crippen LogP contribution in [0.2, 0.25) is 0 Å². The molecule has 0 aromatic heterocycles. The highest BCUT2D eigenvalue weighted by atomic mass is 32.2. The van der Waals surface area contributed by atoms with Crippen molar-refractivity contribution >= 4 is 27.5 Å². The molecule has 0 unspecified atom stereocenters. The van der Waals surface area contributed by atoms with Crippen molar-refractivity contribution in [3.8, 4) is 6.07 Å². The molecule has 2 N–H and O–H groups in total. The molecule has 32 heavy (non-hydrogen) atoms. The van der Waals surface area contributed by atoms with Gasteiger partial charge >= 0.3 is 0 Å². The lowest BCUT2D eigenvalue weighted by Gasteiger charge is -2.19. The fraction of sp³-hybridized carbons (Fsp3) is 0.348. The van der Waals surface area contributed by atoms with Gasteiger partial charge in [-0.15, -0.1) is 0 Å². The lowest BCUT2D eigenvalue weighted by atomic mass is 10.2. The molecule has 9 heteroatoms. The number of aliphatic imine (C=N–C) groups is 1. The minimum Gasteiger partial charge on any atom is -0.325 e. The van der Waals surface area contributed by atoms with Crippen molar-refractivity contribution in [3.05, 3.63) is 60.2 Å². The fourth-order valence-electron chi connectivity index (χ4n) is 3.43. The van der Waals surface area contributed by atoms with E-state index >= 15 is 0 Å². The van der Waals surface area contributed by atoms with E-state index in [1.807, 2.05) is 30.3 Å². The Morgan fingerprint density at radius 3 is 2.69 bits per heavy atom. The van der Waals surface area contributed by atoms with E-state index in [0.717, 1.165) is 24.8 Å². The topological polar surface area (TPSA) is 115 Å². The highest BCUT2D eigenvalue weighted by Gasteiger charge is 2.18. The maximum atomic E-state index is 12.8. The molecule has 1 heterocycles. The Kier molecular flexibility index (Phi) is 8.36. The number of benzene rings is 2. The van der Waals surface area contributed by atoms with Crippen molar-refractivity contribution in [1.29, 1.82) is 5.26 Å². The summed E-state index contributed by atoms with van der Waals surface area (Å²) in [6, 6.07) is 17.8. The smallest absolute Gasteiger partial charge is 0.262 e. The van der Waals surface area contributed by atoms with Crippen molar-refractivity contribution in [2.45, 2.75) is 37.1 Å². The number of amides is 1. The van der Waals surface area contributed by atoms with Crippen LogP contribution in [0.4, 0.5) is 5.69 Å². The number of hydrogen-bond donors (Lipinski definition) is 2. The first-order valence-corrected chi connectivity index (χ1v) is 12.0. The number of amidine groups is 1. The molecule has 0 radical (unpaired) electrons. The summed E-state index contributed by atoms with van der Waals surface area (Å²) in [6.45, 7) is 1.19. The molecule has 1 amide bonds. The van der Waals surface area contributed by atoms with Gasteiger partial charge in [0.1, 0.15) is 5.84 Å². The van der Waals surface area contributed by atoms with Crippen LogP contribution in [0.25, 0.3) is 0 Å². The van der Waals surface area contributed by atoms with Crippen LogP contribution >= 0.6 is 0 Å². The maximum Gasteiger partial charge on any atom is 0.262 e. The molecule has 0 bridgehead atoms. The van der Waals surface area contributed by atoms with Crippen LogP contribution in [0, 0.1) is 11.3 Å². The van der Waals surface area contributed by atoms with Gasteiger partial charge < -0.3 is 5.32 Å². The van der Waals surface area contributed by atoms with Crippen molar-refractivity contribution in [2.75, 3.05) is 25.0 Å². The van der Waals surface area contributed by atoms with E-state index in [2.05, 4.69) is 21.1 Å². The van der Waals surface area contributed by atoms with E-state index in [1.54, 1.807) is 17.0 Å². The monoisotopic (exact) mass is 453 g/mol. The molecule has 168 valence electrons. The summed E-state index contributed by atoms with van der Waals surface area (Å²) in [5.74, 6) is 0.150. The van der Waals surface area contributed by atoms with Gasteiger partial charge in [-0.25, -0.2) is 8.42 Å². The number of nitrogens with one attached hydrogen (secondary N) is 2. The number of carbonyl (C=O) groups excluding carboxylic acids is 1. The highest BCUT2D eigenvalue weighted by Crippen LogP contribution is 2.17. The summed E-state index contributed by atoms with van der Waals surface area (Å²) in [7, 11) is -3.79. The summed E-state index contributed by atoms with van der Waals surface area (Å²) in [5, 5.41) is 11.8. The summed E-state index contributed by atoms with van der Waals surface area (Å²) >= 11 is 0. The van der Waals surface area contributed by atoms with Crippen molar-refractivity contribution in [2.24, 2.45) is 4.99 Å². The van der Waals surface area contributed by atoms with E-state index in [1.165, 1.54) is 12.1 Å². The minimum atomic E-state index is -3.79. The van der Waals surface area contributed by atoms with Crippen LogP contribution < -0.4 is 10.0 Å². The number of nitrogens with zero attached hydrogens (tertiary/aromatic N) is 3. The molecule has 0 atom stereocenters. The molecule has 3 rings (SSSR count).